The highest BCUT2D eigenvalue weighted by Crippen LogP contribution is 2.15. The Labute approximate surface area is 70.0 Å². The molecule has 1 fully saturated rings. The first-order chi connectivity index (χ1) is 4.83. The van der Waals surface area contributed by atoms with Gasteiger partial charge in [0.2, 0.25) is 0 Å². The van der Waals surface area contributed by atoms with E-state index in [2.05, 4.69) is 22.9 Å². The molecule has 1 atom stereocenters. The normalized spacial score (nSPS) is 23.4. The monoisotopic (exact) mass is 208 g/mol. The third kappa shape index (κ3) is 2.56. The molecule has 1 unspecified atom stereocenters. The summed E-state index contributed by atoms with van der Waals surface area (Å²) in [5.41, 5.74) is 0. The first-order valence-electron chi connectivity index (χ1n) is 3.62. The van der Waals surface area contributed by atoms with Gasteiger partial charge in [-0.25, -0.2) is 0 Å². The molecule has 0 aromatic rings. The van der Waals surface area contributed by atoms with Crippen molar-refractivity contribution in [2.24, 2.45) is 5.92 Å². The van der Waals surface area contributed by atoms with Gasteiger partial charge < -0.3 is 9.47 Å². The summed E-state index contributed by atoms with van der Waals surface area (Å²) < 4.78 is 10.6. The van der Waals surface area contributed by atoms with Crippen LogP contribution < -0.4 is 0 Å². The van der Waals surface area contributed by atoms with Crippen LogP contribution in [0.1, 0.15) is 13.3 Å². The van der Waals surface area contributed by atoms with Crippen LogP contribution >= 0.6 is 15.9 Å². The molecule has 2 nitrogen and oxygen atoms in total. The van der Waals surface area contributed by atoms with Crippen molar-refractivity contribution in [3.63, 3.8) is 0 Å². The van der Waals surface area contributed by atoms with Gasteiger partial charge in [-0.2, -0.15) is 0 Å². The molecule has 0 saturated carbocycles. The van der Waals surface area contributed by atoms with Crippen LogP contribution in [0.5, 0.6) is 0 Å². The highest BCUT2D eigenvalue weighted by molar-refractivity contribution is 9.09. The third-order valence-corrected chi connectivity index (χ3v) is 2.65. The minimum Gasteiger partial charge on any atom is -0.350 e. The summed E-state index contributed by atoms with van der Waals surface area (Å²) >= 11 is 3.41. The second kappa shape index (κ2) is 4.31. The maximum atomic E-state index is 5.28. The zero-order valence-electron chi connectivity index (χ0n) is 6.18. The van der Waals surface area contributed by atoms with E-state index in [9.17, 15) is 0 Å². The molecular weight excluding hydrogens is 196 g/mol. The lowest BCUT2D eigenvalue weighted by Gasteiger charge is -2.12. The zero-order valence-corrected chi connectivity index (χ0v) is 7.76. The predicted molar refractivity (Wildman–Crippen MR) is 43.3 cm³/mol. The van der Waals surface area contributed by atoms with E-state index in [1.54, 1.807) is 0 Å². The summed E-state index contributed by atoms with van der Waals surface area (Å²) in [5, 5.41) is 1.02. The van der Waals surface area contributed by atoms with Gasteiger partial charge in [0, 0.05) is 11.8 Å². The summed E-state index contributed by atoms with van der Waals surface area (Å²) in [7, 11) is 0. The Balaban J connectivity index is 2.11. The molecule has 0 bridgehead atoms. The second-order valence-electron chi connectivity index (χ2n) is 2.67. The van der Waals surface area contributed by atoms with Crippen molar-refractivity contribution in [1.82, 2.24) is 0 Å². The first-order valence-corrected chi connectivity index (χ1v) is 4.74. The van der Waals surface area contributed by atoms with Crippen LogP contribution in [-0.2, 0) is 9.47 Å². The minimum absolute atomic E-state index is 0.0625. The van der Waals surface area contributed by atoms with Crippen LogP contribution in [0.3, 0.4) is 0 Å². The van der Waals surface area contributed by atoms with Gasteiger partial charge in [0.15, 0.2) is 6.29 Å². The van der Waals surface area contributed by atoms with Gasteiger partial charge >= 0.3 is 0 Å². The van der Waals surface area contributed by atoms with Crippen LogP contribution in [0.15, 0.2) is 0 Å². The largest absolute Gasteiger partial charge is 0.350 e. The summed E-state index contributed by atoms with van der Waals surface area (Å²) in [6.45, 7) is 3.71. The van der Waals surface area contributed by atoms with Gasteiger partial charge in [-0.1, -0.05) is 22.9 Å². The Hall–Kier alpha value is 0.400. The fourth-order valence-electron chi connectivity index (χ4n) is 0.935. The molecule has 0 aliphatic carbocycles. The van der Waals surface area contributed by atoms with Gasteiger partial charge in [-0.15, -0.1) is 0 Å². The topological polar surface area (TPSA) is 18.5 Å². The molecule has 3 heteroatoms. The lowest BCUT2D eigenvalue weighted by atomic mass is 10.1. The Morgan fingerprint density at radius 3 is 2.60 bits per heavy atom. The molecule has 0 aromatic heterocycles. The highest BCUT2D eigenvalue weighted by atomic mass is 79.9. The lowest BCUT2D eigenvalue weighted by Crippen LogP contribution is -2.13. The van der Waals surface area contributed by atoms with E-state index in [-0.39, 0.29) is 6.29 Å². The van der Waals surface area contributed by atoms with Gasteiger partial charge in [0.25, 0.3) is 0 Å². The van der Waals surface area contributed by atoms with E-state index in [0.717, 1.165) is 25.0 Å². The third-order valence-electron chi connectivity index (χ3n) is 1.55. The molecule has 0 radical (unpaired) electrons. The summed E-state index contributed by atoms with van der Waals surface area (Å²) in [4.78, 5) is 0. The molecule has 0 aromatic carbocycles. The highest BCUT2D eigenvalue weighted by Gasteiger charge is 2.17. The van der Waals surface area contributed by atoms with Crippen molar-refractivity contribution in [2.45, 2.75) is 19.6 Å². The lowest BCUT2D eigenvalue weighted by molar-refractivity contribution is -0.0537. The molecule has 1 aliphatic rings. The van der Waals surface area contributed by atoms with Crippen LogP contribution in [0.25, 0.3) is 0 Å². The van der Waals surface area contributed by atoms with Crippen LogP contribution in [0.2, 0.25) is 0 Å². The maximum Gasteiger partial charge on any atom is 0.158 e. The fourth-order valence-corrected chi connectivity index (χ4v) is 1.20. The van der Waals surface area contributed by atoms with E-state index in [1.165, 1.54) is 0 Å². The van der Waals surface area contributed by atoms with Crippen LogP contribution in [-0.4, -0.2) is 24.8 Å². The first kappa shape index (κ1) is 8.50. The van der Waals surface area contributed by atoms with E-state index in [1.807, 2.05) is 0 Å². The van der Waals surface area contributed by atoms with Crippen molar-refractivity contribution >= 4 is 15.9 Å². The van der Waals surface area contributed by atoms with Crippen LogP contribution in [0, 0.1) is 5.92 Å². The van der Waals surface area contributed by atoms with Crippen molar-refractivity contribution < 1.29 is 9.47 Å². The molecule has 1 rings (SSSR count). The molecule has 1 saturated heterocycles. The SMILES string of the molecule is CC(CBr)CC1OCCO1. The quantitative estimate of drug-likeness (QED) is 0.659. The number of rotatable bonds is 3. The fraction of sp³-hybridized carbons (Fsp3) is 1.00. The van der Waals surface area contributed by atoms with Crippen LogP contribution in [0.4, 0.5) is 0 Å². The molecule has 60 valence electrons. The second-order valence-corrected chi connectivity index (χ2v) is 3.31. The molecule has 0 spiro atoms. The Morgan fingerprint density at radius 1 is 1.50 bits per heavy atom. The molecular formula is C7H13BrO2. The maximum absolute atomic E-state index is 5.28. The average Bonchev–Trinajstić information content (AvgIpc) is 2.40. The van der Waals surface area contributed by atoms with E-state index < -0.39 is 0 Å². The van der Waals surface area contributed by atoms with Gasteiger partial charge in [-0.3, -0.25) is 0 Å². The van der Waals surface area contributed by atoms with Crippen molar-refractivity contribution in [3.05, 3.63) is 0 Å². The molecule has 1 aliphatic heterocycles. The molecule has 0 amide bonds. The minimum atomic E-state index is 0.0625. The Kier molecular flexibility index (Phi) is 3.66. The average molecular weight is 209 g/mol. The van der Waals surface area contributed by atoms with Gasteiger partial charge in [0.05, 0.1) is 13.2 Å². The Morgan fingerprint density at radius 2 is 2.10 bits per heavy atom. The van der Waals surface area contributed by atoms with E-state index in [0.29, 0.717) is 5.92 Å². The zero-order chi connectivity index (χ0) is 7.40. The van der Waals surface area contributed by atoms with Gasteiger partial charge in [0.1, 0.15) is 0 Å². The molecule has 1 heterocycles. The summed E-state index contributed by atoms with van der Waals surface area (Å²) in [6, 6.07) is 0. The van der Waals surface area contributed by atoms with E-state index >= 15 is 0 Å². The number of hydrogen-bond acceptors (Lipinski definition) is 2. The standard InChI is InChI=1S/C7H13BrO2/c1-6(5-8)4-7-9-2-3-10-7/h6-7H,2-5H2,1H3. The molecule has 0 N–H and O–H groups in total. The number of ether oxygens (including phenoxy) is 2. The molecule has 10 heavy (non-hydrogen) atoms. The predicted octanol–water partition coefficient (Wildman–Crippen LogP) is 1.78. The number of hydrogen-bond donors (Lipinski definition) is 0. The van der Waals surface area contributed by atoms with Crippen molar-refractivity contribution in [2.75, 3.05) is 18.5 Å². The Bertz CT molecular complexity index is 91.6. The summed E-state index contributed by atoms with van der Waals surface area (Å²) in [6.07, 6.45) is 1.07. The number of alkyl halides is 1. The van der Waals surface area contributed by atoms with E-state index in [4.69, 9.17) is 9.47 Å². The van der Waals surface area contributed by atoms with Crippen molar-refractivity contribution in [3.8, 4) is 0 Å². The van der Waals surface area contributed by atoms with Crippen molar-refractivity contribution in [1.29, 1.82) is 0 Å². The smallest absolute Gasteiger partial charge is 0.158 e. The number of halogens is 1. The van der Waals surface area contributed by atoms with Gasteiger partial charge in [-0.05, 0) is 5.92 Å². The summed E-state index contributed by atoms with van der Waals surface area (Å²) in [5.74, 6) is 0.642.